The maximum absolute atomic E-state index is 9.69. The predicted octanol–water partition coefficient (Wildman–Crippen LogP) is 5.81. The van der Waals surface area contributed by atoms with E-state index in [0.29, 0.717) is 13.2 Å². The van der Waals surface area contributed by atoms with Gasteiger partial charge in [0.05, 0.1) is 4.34 Å². The first-order valence-corrected chi connectivity index (χ1v) is 10.1. The lowest BCUT2D eigenvalue weighted by Gasteiger charge is -2.16. The number of ether oxygens (including phenoxy) is 1. The van der Waals surface area contributed by atoms with Gasteiger partial charge >= 0.3 is 0 Å². The highest BCUT2D eigenvalue weighted by molar-refractivity contribution is 7.14. The summed E-state index contributed by atoms with van der Waals surface area (Å²) in [4.78, 5) is 0. The Morgan fingerprint density at radius 2 is 1.67 bits per heavy atom. The molecule has 3 N–H and O–H groups in total. The molecular weight excluding hydrogens is 378 g/mol. The number of benzene rings is 2. The zero-order chi connectivity index (χ0) is 19.2. The van der Waals surface area contributed by atoms with Crippen molar-refractivity contribution in [3.05, 3.63) is 81.0 Å². The van der Waals surface area contributed by atoms with Crippen LogP contribution in [0.3, 0.4) is 0 Å². The number of aromatic hydroxyl groups is 1. The fourth-order valence-electron chi connectivity index (χ4n) is 3.03. The summed E-state index contributed by atoms with van der Waals surface area (Å²) >= 11 is 7.71. The van der Waals surface area contributed by atoms with E-state index in [4.69, 9.17) is 22.1 Å². The molecule has 0 saturated heterocycles. The van der Waals surface area contributed by atoms with Gasteiger partial charge < -0.3 is 15.6 Å². The van der Waals surface area contributed by atoms with Gasteiger partial charge in [0.1, 0.15) is 18.1 Å². The first kappa shape index (κ1) is 19.5. The quantitative estimate of drug-likeness (QED) is 0.526. The summed E-state index contributed by atoms with van der Waals surface area (Å²) in [6.45, 7) is 3.12. The second-order valence-corrected chi connectivity index (χ2v) is 7.60. The maximum atomic E-state index is 9.69. The highest BCUT2D eigenvalue weighted by atomic mass is 35.5. The molecule has 0 spiro atoms. The first-order valence-electron chi connectivity index (χ1n) is 8.82. The van der Waals surface area contributed by atoms with E-state index >= 15 is 0 Å². The number of nitrogens with two attached hydrogens (primary N) is 1. The average Bonchev–Trinajstić information content (AvgIpc) is 3.12. The van der Waals surface area contributed by atoms with Gasteiger partial charge in [0.15, 0.2) is 0 Å². The Morgan fingerprint density at radius 1 is 1.04 bits per heavy atom. The standard InChI is InChI=1S/C22H22ClNO2S/c1-2-20(17-13-21(23)27-14-17)22(15-3-7-18(25)8-4-15)16-5-9-19(10-6-16)26-12-11-24/h3-10,13-14,25H,2,11-12,24H2,1H3. The molecule has 3 aromatic rings. The van der Waals surface area contributed by atoms with E-state index in [9.17, 15) is 5.11 Å². The molecule has 5 heteroatoms. The lowest BCUT2D eigenvalue weighted by Crippen LogP contribution is -2.10. The Kier molecular flexibility index (Phi) is 6.56. The lowest BCUT2D eigenvalue weighted by atomic mass is 9.89. The van der Waals surface area contributed by atoms with E-state index < -0.39 is 0 Å². The fourth-order valence-corrected chi connectivity index (χ4v) is 3.93. The molecule has 0 radical (unpaired) electrons. The molecule has 3 rings (SSSR count). The average molecular weight is 400 g/mol. The number of halogens is 1. The van der Waals surface area contributed by atoms with Crippen LogP contribution in [-0.2, 0) is 0 Å². The van der Waals surface area contributed by atoms with Crippen LogP contribution in [-0.4, -0.2) is 18.3 Å². The van der Waals surface area contributed by atoms with Crippen LogP contribution >= 0.6 is 22.9 Å². The normalized spacial score (nSPS) is 12.0. The van der Waals surface area contributed by atoms with Crippen LogP contribution in [0.2, 0.25) is 4.34 Å². The summed E-state index contributed by atoms with van der Waals surface area (Å²) in [5.41, 5.74) is 11.1. The van der Waals surface area contributed by atoms with E-state index in [1.54, 1.807) is 12.1 Å². The van der Waals surface area contributed by atoms with Crippen molar-refractivity contribution < 1.29 is 9.84 Å². The number of phenolic OH excluding ortho intramolecular Hbond substituents is 1. The molecule has 0 unspecified atom stereocenters. The second kappa shape index (κ2) is 9.09. The van der Waals surface area contributed by atoms with E-state index in [1.807, 2.05) is 30.3 Å². The Labute approximate surface area is 168 Å². The van der Waals surface area contributed by atoms with Crippen molar-refractivity contribution in [1.82, 2.24) is 0 Å². The SMILES string of the molecule is CCC(=C(c1ccc(O)cc1)c1ccc(OCCN)cc1)c1csc(Cl)c1. The maximum Gasteiger partial charge on any atom is 0.119 e. The number of hydrogen-bond donors (Lipinski definition) is 2. The summed E-state index contributed by atoms with van der Waals surface area (Å²) in [6.07, 6.45) is 0.856. The topological polar surface area (TPSA) is 55.5 Å². The summed E-state index contributed by atoms with van der Waals surface area (Å²) in [6, 6.07) is 17.3. The Balaban J connectivity index is 2.12. The number of thiophene rings is 1. The second-order valence-electron chi connectivity index (χ2n) is 6.05. The molecule has 0 fully saturated rings. The largest absolute Gasteiger partial charge is 0.508 e. The van der Waals surface area contributed by atoms with Crippen LogP contribution < -0.4 is 10.5 Å². The van der Waals surface area contributed by atoms with E-state index in [1.165, 1.54) is 16.9 Å². The van der Waals surface area contributed by atoms with Crippen molar-refractivity contribution >= 4 is 34.1 Å². The molecule has 0 bridgehead atoms. The van der Waals surface area contributed by atoms with Crippen LogP contribution in [0.1, 0.15) is 30.0 Å². The van der Waals surface area contributed by atoms with Crippen molar-refractivity contribution in [1.29, 1.82) is 0 Å². The molecule has 0 amide bonds. The minimum atomic E-state index is 0.250. The number of rotatable bonds is 7. The van der Waals surface area contributed by atoms with Gasteiger partial charge in [0.2, 0.25) is 0 Å². The van der Waals surface area contributed by atoms with Crippen LogP contribution in [0.4, 0.5) is 0 Å². The summed E-state index contributed by atoms with van der Waals surface area (Å²) in [7, 11) is 0. The molecule has 0 saturated carbocycles. The highest BCUT2D eigenvalue weighted by Crippen LogP contribution is 2.37. The molecule has 140 valence electrons. The minimum Gasteiger partial charge on any atom is -0.508 e. The fraction of sp³-hybridized carbons (Fsp3) is 0.182. The summed E-state index contributed by atoms with van der Waals surface area (Å²) in [5, 5.41) is 11.8. The highest BCUT2D eigenvalue weighted by Gasteiger charge is 2.14. The molecular formula is C22H22ClNO2S. The van der Waals surface area contributed by atoms with Crippen molar-refractivity contribution in [3.63, 3.8) is 0 Å². The van der Waals surface area contributed by atoms with Crippen molar-refractivity contribution in [2.75, 3.05) is 13.2 Å². The molecule has 27 heavy (non-hydrogen) atoms. The molecule has 0 aliphatic heterocycles. The van der Waals surface area contributed by atoms with Crippen molar-refractivity contribution in [2.45, 2.75) is 13.3 Å². The lowest BCUT2D eigenvalue weighted by molar-refractivity contribution is 0.328. The van der Waals surface area contributed by atoms with Gasteiger partial charge in [-0.3, -0.25) is 0 Å². The number of allylic oxidation sites excluding steroid dienone is 1. The molecule has 2 aromatic carbocycles. The smallest absolute Gasteiger partial charge is 0.119 e. The minimum absolute atomic E-state index is 0.250. The van der Waals surface area contributed by atoms with Crippen LogP contribution in [0.15, 0.2) is 60.0 Å². The van der Waals surface area contributed by atoms with Gasteiger partial charge in [0.25, 0.3) is 0 Å². The van der Waals surface area contributed by atoms with Crippen LogP contribution in [0.5, 0.6) is 11.5 Å². The third kappa shape index (κ3) is 4.72. The summed E-state index contributed by atoms with van der Waals surface area (Å²) in [5.74, 6) is 1.05. The van der Waals surface area contributed by atoms with Gasteiger partial charge in [-0.15, -0.1) is 11.3 Å². The third-order valence-electron chi connectivity index (χ3n) is 4.26. The van der Waals surface area contributed by atoms with Crippen molar-refractivity contribution in [2.24, 2.45) is 5.73 Å². The van der Waals surface area contributed by atoms with Gasteiger partial charge in [-0.05, 0) is 70.0 Å². The van der Waals surface area contributed by atoms with Crippen molar-refractivity contribution in [3.8, 4) is 11.5 Å². The van der Waals surface area contributed by atoms with Crippen LogP contribution in [0.25, 0.3) is 11.1 Å². The van der Waals surface area contributed by atoms with E-state index in [2.05, 4.69) is 24.4 Å². The van der Waals surface area contributed by atoms with Gasteiger partial charge in [-0.1, -0.05) is 42.8 Å². The molecule has 0 atom stereocenters. The zero-order valence-corrected chi connectivity index (χ0v) is 16.7. The van der Waals surface area contributed by atoms with E-state index in [0.717, 1.165) is 38.8 Å². The number of hydrogen-bond acceptors (Lipinski definition) is 4. The monoisotopic (exact) mass is 399 g/mol. The van der Waals surface area contributed by atoms with Gasteiger partial charge in [-0.2, -0.15) is 0 Å². The Bertz CT molecular complexity index is 914. The molecule has 0 aliphatic carbocycles. The van der Waals surface area contributed by atoms with E-state index in [-0.39, 0.29) is 5.75 Å². The number of phenols is 1. The molecule has 1 aromatic heterocycles. The predicted molar refractivity (Wildman–Crippen MR) is 115 cm³/mol. The van der Waals surface area contributed by atoms with Gasteiger partial charge in [0, 0.05) is 6.54 Å². The van der Waals surface area contributed by atoms with Crippen LogP contribution in [0, 0.1) is 0 Å². The third-order valence-corrected chi connectivity index (χ3v) is 5.35. The zero-order valence-electron chi connectivity index (χ0n) is 15.1. The molecule has 3 nitrogen and oxygen atoms in total. The first-order chi connectivity index (χ1) is 13.1. The summed E-state index contributed by atoms with van der Waals surface area (Å²) < 4.78 is 6.37. The Morgan fingerprint density at radius 3 is 2.19 bits per heavy atom. The molecule has 1 heterocycles. The Hall–Kier alpha value is -2.27. The van der Waals surface area contributed by atoms with Gasteiger partial charge in [-0.25, -0.2) is 0 Å². The molecule has 0 aliphatic rings.